The van der Waals surface area contributed by atoms with Gasteiger partial charge in [0.05, 0.1) is 0 Å². The standard InChI is InChI=1S/C10H18N4O2/c1-10(2,3)13-9(15)16-8-4-7(5-8)6-12-14-11/h7-8H,4-6H2,1-3H3,(H,13,15). The fraction of sp³-hybridized carbons (Fsp3) is 0.900. The number of rotatable bonds is 3. The van der Waals surface area contributed by atoms with E-state index in [1.807, 2.05) is 20.8 Å². The summed E-state index contributed by atoms with van der Waals surface area (Å²) >= 11 is 0. The van der Waals surface area contributed by atoms with Gasteiger partial charge in [0.2, 0.25) is 0 Å². The van der Waals surface area contributed by atoms with Gasteiger partial charge in [-0.05, 0) is 45.1 Å². The lowest BCUT2D eigenvalue weighted by molar-refractivity contribution is 0.0173. The van der Waals surface area contributed by atoms with Crippen LogP contribution < -0.4 is 5.32 Å². The number of hydrogen-bond acceptors (Lipinski definition) is 3. The first-order valence-electron chi connectivity index (χ1n) is 5.40. The average Bonchev–Trinajstić information content (AvgIpc) is 2.05. The van der Waals surface area contributed by atoms with Gasteiger partial charge in [-0.25, -0.2) is 4.79 Å². The molecule has 0 aliphatic heterocycles. The number of nitrogens with zero attached hydrogens (tertiary/aromatic N) is 3. The van der Waals surface area contributed by atoms with Crippen molar-refractivity contribution in [2.75, 3.05) is 6.54 Å². The Hall–Kier alpha value is -1.42. The smallest absolute Gasteiger partial charge is 0.407 e. The van der Waals surface area contributed by atoms with Gasteiger partial charge in [-0.2, -0.15) is 0 Å². The number of alkyl carbamates (subject to hydrolysis) is 1. The highest BCUT2D eigenvalue weighted by atomic mass is 16.6. The van der Waals surface area contributed by atoms with Crippen molar-refractivity contribution in [3.05, 3.63) is 10.4 Å². The second-order valence-corrected chi connectivity index (χ2v) is 5.15. The molecule has 0 bridgehead atoms. The third-order valence-corrected chi connectivity index (χ3v) is 2.35. The molecule has 0 aromatic heterocycles. The van der Waals surface area contributed by atoms with Gasteiger partial charge < -0.3 is 10.1 Å². The third kappa shape index (κ3) is 4.40. The van der Waals surface area contributed by atoms with Crippen molar-refractivity contribution >= 4 is 6.09 Å². The Morgan fingerprint density at radius 2 is 2.19 bits per heavy atom. The minimum Gasteiger partial charge on any atom is -0.446 e. The molecule has 0 aromatic rings. The van der Waals surface area contributed by atoms with E-state index in [1.54, 1.807) is 0 Å². The van der Waals surface area contributed by atoms with Crippen LogP contribution in [-0.2, 0) is 4.74 Å². The minimum absolute atomic E-state index is 0.0266. The summed E-state index contributed by atoms with van der Waals surface area (Å²) in [6, 6.07) is 0. The van der Waals surface area contributed by atoms with Gasteiger partial charge in [0.1, 0.15) is 6.10 Å². The maximum atomic E-state index is 11.4. The summed E-state index contributed by atoms with van der Waals surface area (Å²) in [6.07, 6.45) is 1.17. The molecule has 0 atom stereocenters. The van der Waals surface area contributed by atoms with Gasteiger partial charge in [-0.3, -0.25) is 0 Å². The van der Waals surface area contributed by atoms with Gasteiger partial charge in [-0.1, -0.05) is 5.11 Å². The second kappa shape index (κ2) is 5.07. The van der Waals surface area contributed by atoms with Crippen molar-refractivity contribution < 1.29 is 9.53 Å². The molecule has 1 aliphatic carbocycles. The first-order valence-corrected chi connectivity index (χ1v) is 5.40. The number of ether oxygens (including phenoxy) is 1. The van der Waals surface area contributed by atoms with Crippen molar-refractivity contribution in [2.45, 2.75) is 45.3 Å². The maximum absolute atomic E-state index is 11.4. The van der Waals surface area contributed by atoms with Crippen LogP contribution in [-0.4, -0.2) is 24.3 Å². The zero-order chi connectivity index (χ0) is 12.2. The van der Waals surface area contributed by atoms with Crippen LogP contribution in [0.15, 0.2) is 5.11 Å². The summed E-state index contributed by atoms with van der Waals surface area (Å²) < 4.78 is 5.19. The Kier molecular flexibility index (Phi) is 4.01. The number of carbonyl (C=O) groups is 1. The molecule has 1 amide bonds. The summed E-state index contributed by atoms with van der Waals surface area (Å²) in [5.74, 6) is 0.364. The number of azide groups is 1. The Bertz CT molecular complexity index is 298. The zero-order valence-electron chi connectivity index (χ0n) is 9.93. The van der Waals surface area contributed by atoms with Gasteiger partial charge in [0.25, 0.3) is 0 Å². The number of hydrogen-bond donors (Lipinski definition) is 1. The monoisotopic (exact) mass is 226 g/mol. The van der Waals surface area contributed by atoms with Crippen LogP contribution in [0.2, 0.25) is 0 Å². The van der Waals surface area contributed by atoms with Crippen LogP contribution in [0.1, 0.15) is 33.6 Å². The minimum atomic E-state index is -0.375. The first-order chi connectivity index (χ1) is 7.40. The van der Waals surface area contributed by atoms with Crippen molar-refractivity contribution in [2.24, 2.45) is 11.0 Å². The second-order valence-electron chi connectivity index (χ2n) is 5.15. The Labute approximate surface area is 95.0 Å². The maximum Gasteiger partial charge on any atom is 0.407 e. The predicted octanol–water partition coefficient (Wildman–Crippen LogP) is 2.60. The Morgan fingerprint density at radius 1 is 1.56 bits per heavy atom. The molecule has 6 heteroatoms. The molecule has 1 saturated carbocycles. The topological polar surface area (TPSA) is 87.1 Å². The van der Waals surface area contributed by atoms with E-state index in [0.717, 1.165) is 12.8 Å². The molecule has 1 rings (SSSR count). The number of amides is 1. The first kappa shape index (κ1) is 12.6. The lowest BCUT2D eigenvalue weighted by Gasteiger charge is -2.34. The molecule has 1 aliphatic rings. The molecule has 0 radical (unpaired) electrons. The fourth-order valence-corrected chi connectivity index (χ4v) is 1.56. The van der Waals surface area contributed by atoms with Gasteiger partial charge >= 0.3 is 6.09 Å². The van der Waals surface area contributed by atoms with Crippen LogP contribution in [0.5, 0.6) is 0 Å². The van der Waals surface area contributed by atoms with E-state index >= 15 is 0 Å². The van der Waals surface area contributed by atoms with Crippen LogP contribution in [0, 0.1) is 5.92 Å². The Morgan fingerprint density at radius 3 is 2.69 bits per heavy atom. The zero-order valence-corrected chi connectivity index (χ0v) is 9.93. The van der Waals surface area contributed by atoms with Gasteiger partial charge in [0, 0.05) is 17.0 Å². The number of carbonyl (C=O) groups excluding carboxylic acids is 1. The molecule has 0 spiro atoms. The van der Waals surface area contributed by atoms with E-state index in [1.165, 1.54) is 0 Å². The largest absolute Gasteiger partial charge is 0.446 e. The normalized spacial score (nSPS) is 23.9. The van der Waals surface area contributed by atoms with E-state index in [-0.39, 0.29) is 17.7 Å². The molecule has 0 heterocycles. The van der Waals surface area contributed by atoms with Crippen molar-refractivity contribution in [3.63, 3.8) is 0 Å². The fourth-order valence-electron chi connectivity index (χ4n) is 1.56. The van der Waals surface area contributed by atoms with Gasteiger partial charge in [-0.15, -0.1) is 0 Å². The summed E-state index contributed by atoms with van der Waals surface area (Å²) in [5.41, 5.74) is 7.86. The molecule has 16 heavy (non-hydrogen) atoms. The highest BCUT2D eigenvalue weighted by Crippen LogP contribution is 2.30. The van der Waals surface area contributed by atoms with Crippen LogP contribution in [0.4, 0.5) is 4.79 Å². The SMILES string of the molecule is CC(C)(C)NC(=O)OC1CC(CN=[N+]=[N-])C1. The molecule has 0 saturated heterocycles. The predicted molar refractivity (Wildman–Crippen MR) is 59.9 cm³/mol. The van der Waals surface area contributed by atoms with Gasteiger partial charge in [0.15, 0.2) is 0 Å². The van der Waals surface area contributed by atoms with Crippen molar-refractivity contribution in [1.29, 1.82) is 0 Å². The molecule has 1 fully saturated rings. The molecular formula is C10H18N4O2. The van der Waals surface area contributed by atoms with E-state index < -0.39 is 0 Å². The summed E-state index contributed by atoms with van der Waals surface area (Å²) in [4.78, 5) is 14.1. The van der Waals surface area contributed by atoms with Crippen LogP contribution in [0.25, 0.3) is 10.4 Å². The van der Waals surface area contributed by atoms with E-state index in [0.29, 0.717) is 12.5 Å². The summed E-state index contributed by atoms with van der Waals surface area (Å²) in [5, 5.41) is 6.22. The highest BCUT2D eigenvalue weighted by Gasteiger charge is 2.32. The van der Waals surface area contributed by atoms with E-state index in [9.17, 15) is 4.79 Å². The van der Waals surface area contributed by atoms with Crippen LogP contribution in [0.3, 0.4) is 0 Å². The van der Waals surface area contributed by atoms with Crippen molar-refractivity contribution in [3.8, 4) is 0 Å². The summed E-state index contributed by atoms with van der Waals surface area (Å²) in [6.45, 7) is 6.20. The average molecular weight is 226 g/mol. The molecule has 90 valence electrons. The molecular weight excluding hydrogens is 208 g/mol. The number of nitrogens with one attached hydrogen (secondary N) is 1. The molecule has 0 unspecified atom stereocenters. The van der Waals surface area contributed by atoms with Crippen molar-refractivity contribution in [1.82, 2.24) is 5.32 Å². The Balaban J connectivity index is 2.17. The van der Waals surface area contributed by atoms with E-state index in [4.69, 9.17) is 10.3 Å². The quantitative estimate of drug-likeness (QED) is 0.455. The lowest BCUT2D eigenvalue weighted by atomic mass is 9.82. The van der Waals surface area contributed by atoms with Crippen LogP contribution >= 0.6 is 0 Å². The lowest BCUT2D eigenvalue weighted by Crippen LogP contribution is -2.44. The highest BCUT2D eigenvalue weighted by molar-refractivity contribution is 5.68. The van der Waals surface area contributed by atoms with E-state index in [2.05, 4.69) is 15.3 Å². The molecule has 1 N–H and O–H groups in total. The summed E-state index contributed by atoms with van der Waals surface area (Å²) in [7, 11) is 0. The third-order valence-electron chi connectivity index (χ3n) is 2.35. The molecule has 0 aromatic carbocycles. The molecule has 6 nitrogen and oxygen atoms in total.